The highest BCUT2D eigenvalue weighted by molar-refractivity contribution is 7.99. The first-order valence-electron chi connectivity index (χ1n) is 11.9. The first-order chi connectivity index (χ1) is 18.5. The second-order valence-corrected chi connectivity index (χ2v) is 9.87. The van der Waals surface area contributed by atoms with Crippen LogP contribution in [0.2, 0.25) is 5.02 Å². The summed E-state index contributed by atoms with van der Waals surface area (Å²) < 4.78 is 1.50. The van der Waals surface area contributed by atoms with Gasteiger partial charge in [0.05, 0.1) is 28.1 Å². The molecule has 0 radical (unpaired) electrons. The number of halogens is 1. The Labute approximate surface area is 229 Å². The van der Waals surface area contributed by atoms with Gasteiger partial charge in [0.25, 0.3) is 11.5 Å². The molecular formula is C30H23ClN4O2S. The molecule has 1 heterocycles. The number of rotatable bonds is 7. The van der Waals surface area contributed by atoms with E-state index in [0.717, 1.165) is 16.7 Å². The number of nitrogens with zero attached hydrogens (tertiary/aromatic N) is 3. The summed E-state index contributed by atoms with van der Waals surface area (Å²) in [5, 5.41) is 5.73. The third-order valence-electron chi connectivity index (χ3n) is 5.92. The van der Waals surface area contributed by atoms with Gasteiger partial charge in [0, 0.05) is 5.02 Å². The van der Waals surface area contributed by atoms with Crippen molar-refractivity contribution in [1.29, 1.82) is 0 Å². The minimum absolute atomic E-state index is 0.0299. The Kier molecular flexibility index (Phi) is 7.67. The fourth-order valence-electron chi connectivity index (χ4n) is 3.93. The molecular weight excluding hydrogens is 516 g/mol. The monoisotopic (exact) mass is 538 g/mol. The maximum Gasteiger partial charge on any atom is 0.266 e. The van der Waals surface area contributed by atoms with Crippen molar-refractivity contribution < 1.29 is 4.79 Å². The summed E-state index contributed by atoms with van der Waals surface area (Å²) in [7, 11) is 0. The summed E-state index contributed by atoms with van der Waals surface area (Å²) in [5.74, 6) is -0.275. The third-order valence-corrected chi connectivity index (χ3v) is 7.11. The lowest BCUT2D eigenvalue weighted by Gasteiger charge is -2.13. The fraction of sp³-hybridized carbons (Fsp3) is 0.0667. The van der Waals surface area contributed by atoms with Crippen molar-refractivity contribution in [2.45, 2.75) is 12.1 Å². The molecule has 0 bridgehead atoms. The van der Waals surface area contributed by atoms with Crippen LogP contribution in [-0.4, -0.2) is 26.9 Å². The van der Waals surface area contributed by atoms with Gasteiger partial charge in [-0.2, -0.15) is 5.10 Å². The number of hydrazone groups is 1. The molecule has 0 aliphatic heterocycles. The van der Waals surface area contributed by atoms with E-state index in [-0.39, 0.29) is 17.2 Å². The Morgan fingerprint density at radius 1 is 0.895 bits per heavy atom. The number of nitrogens with one attached hydrogen (secondary N) is 1. The normalized spacial score (nSPS) is 11.5. The Morgan fingerprint density at radius 3 is 2.29 bits per heavy atom. The quantitative estimate of drug-likeness (QED) is 0.113. The highest BCUT2D eigenvalue weighted by atomic mass is 35.5. The summed E-state index contributed by atoms with van der Waals surface area (Å²) in [6.07, 6.45) is 0. The van der Waals surface area contributed by atoms with Gasteiger partial charge in [0.1, 0.15) is 0 Å². The summed E-state index contributed by atoms with van der Waals surface area (Å²) in [4.78, 5) is 30.6. The fourth-order valence-corrected chi connectivity index (χ4v) is 4.87. The summed E-state index contributed by atoms with van der Waals surface area (Å²) in [6.45, 7) is 1.84. The molecule has 8 heteroatoms. The molecule has 0 fully saturated rings. The van der Waals surface area contributed by atoms with Gasteiger partial charge >= 0.3 is 0 Å². The molecule has 5 rings (SSSR count). The number of thioether (sulfide) groups is 1. The highest BCUT2D eigenvalue weighted by Gasteiger charge is 2.15. The van der Waals surface area contributed by atoms with Gasteiger partial charge in [-0.1, -0.05) is 90.1 Å². The molecule has 0 saturated carbocycles. The zero-order chi connectivity index (χ0) is 26.5. The predicted octanol–water partition coefficient (Wildman–Crippen LogP) is 6.34. The Hall–Kier alpha value is -4.20. The van der Waals surface area contributed by atoms with Crippen molar-refractivity contribution in [2.24, 2.45) is 5.10 Å². The van der Waals surface area contributed by atoms with Crippen LogP contribution in [0.5, 0.6) is 0 Å². The minimum atomic E-state index is -0.305. The second kappa shape index (κ2) is 11.5. The number of aromatic nitrogens is 2. The van der Waals surface area contributed by atoms with Gasteiger partial charge in [-0.05, 0) is 60.0 Å². The molecule has 1 amide bonds. The SMILES string of the molecule is C/C(=N/NC(=O)CSc1nc2ccccc2c(=O)n1-c1ccc(Cl)cc1)c1ccc(-c2ccccc2)cc1. The van der Waals surface area contributed by atoms with Gasteiger partial charge in [-0.3, -0.25) is 14.2 Å². The molecule has 4 aromatic carbocycles. The molecule has 0 atom stereocenters. The molecule has 5 aromatic rings. The number of para-hydroxylation sites is 1. The van der Waals surface area contributed by atoms with E-state index in [0.29, 0.717) is 32.5 Å². The maximum absolute atomic E-state index is 13.3. The van der Waals surface area contributed by atoms with Crippen LogP contribution < -0.4 is 11.0 Å². The number of carbonyl (C=O) groups is 1. The van der Waals surface area contributed by atoms with E-state index in [2.05, 4.69) is 27.6 Å². The number of amides is 1. The van der Waals surface area contributed by atoms with E-state index in [1.165, 1.54) is 16.3 Å². The number of carbonyl (C=O) groups excluding carboxylic acids is 1. The molecule has 0 aliphatic rings. The molecule has 0 unspecified atom stereocenters. The van der Waals surface area contributed by atoms with Crippen molar-refractivity contribution in [3.05, 3.63) is 124 Å². The average Bonchev–Trinajstić information content (AvgIpc) is 2.96. The zero-order valence-corrected chi connectivity index (χ0v) is 22.0. The van der Waals surface area contributed by atoms with Crippen molar-refractivity contribution in [2.75, 3.05) is 5.75 Å². The Bertz CT molecular complexity index is 1680. The minimum Gasteiger partial charge on any atom is -0.272 e. The number of hydrogen-bond donors (Lipinski definition) is 1. The highest BCUT2D eigenvalue weighted by Crippen LogP contribution is 2.23. The molecule has 1 aromatic heterocycles. The van der Waals surface area contributed by atoms with E-state index in [1.54, 1.807) is 42.5 Å². The van der Waals surface area contributed by atoms with Gasteiger partial charge in [0.15, 0.2) is 5.16 Å². The van der Waals surface area contributed by atoms with Crippen LogP contribution >= 0.6 is 23.4 Å². The summed E-state index contributed by atoms with van der Waals surface area (Å²) in [5.41, 5.74) is 7.42. The summed E-state index contributed by atoms with van der Waals surface area (Å²) in [6, 6.07) is 32.2. The zero-order valence-electron chi connectivity index (χ0n) is 20.5. The van der Waals surface area contributed by atoms with Crippen LogP contribution in [0.25, 0.3) is 27.7 Å². The molecule has 0 spiro atoms. The number of fused-ring (bicyclic) bond motifs is 1. The van der Waals surface area contributed by atoms with Crippen LogP contribution in [-0.2, 0) is 4.79 Å². The van der Waals surface area contributed by atoms with Crippen molar-refractivity contribution in [3.63, 3.8) is 0 Å². The van der Waals surface area contributed by atoms with E-state index in [9.17, 15) is 9.59 Å². The maximum atomic E-state index is 13.3. The molecule has 188 valence electrons. The topological polar surface area (TPSA) is 76.3 Å². The average molecular weight is 539 g/mol. The first kappa shape index (κ1) is 25.4. The van der Waals surface area contributed by atoms with Crippen molar-refractivity contribution in [3.8, 4) is 16.8 Å². The standard InChI is InChI=1S/C30H23ClN4O2S/c1-20(21-11-13-23(14-12-21)22-7-3-2-4-8-22)33-34-28(36)19-38-30-32-27-10-6-5-9-26(27)29(37)35(30)25-17-15-24(31)16-18-25/h2-18H,19H2,1H3,(H,34,36)/b33-20-. The lowest BCUT2D eigenvalue weighted by atomic mass is 10.0. The molecule has 1 N–H and O–H groups in total. The van der Waals surface area contributed by atoms with Crippen LogP contribution in [0.4, 0.5) is 0 Å². The molecule has 38 heavy (non-hydrogen) atoms. The lowest BCUT2D eigenvalue weighted by molar-refractivity contribution is -0.118. The Morgan fingerprint density at radius 2 is 1.55 bits per heavy atom. The third kappa shape index (κ3) is 5.69. The first-order valence-corrected chi connectivity index (χ1v) is 13.3. The van der Waals surface area contributed by atoms with Crippen LogP contribution in [0.1, 0.15) is 12.5 Å². The largest absolute Gasteiger partial charge is 0.272 e. The van der Waals surface area contributed by atoms with Crippen molar-refractivity contribution >= 4 is 45.9 Å². The predicted molar refractivity (Wildman–Crippen MR) is 155 cm³/mol. The Balaban J connectivity index is 1.31. The van der Waals surface area contributed by atoms with E-state index < -0.39 is 0 Å². The van der Waals surface area contributed by atoms with E-state index in [4.69, 9.17) is 11.6 Å². The molecule has 0 aliphatic carbocycles. The van der Waals surface area contributed by atoms with Gasteiger partial charge in [0.2, 0.25) is 0 Å². The number of benzene rings is 4. The van der Waals surface area contributed by atoms with Gasteiger partial charge in [-0.25, -0.2) is 10.4 Å². The van der Waals surface area contributed by atoms with Crippen LogP contribution in [0, 0.1) is 0 Å². The molecule has 6 nitrogen and oxygen atoms in total. The summed E-state index contributed by atoms with van der Waals surface area (Å²) >= 11 is 7.21. The van der Waals surface area contributed by atoms with E-state index in [1.807, 2.05) is 55.5 Å². The lowest BCUT2D eigenvalue weighted by Crippen LogP contribution is -2.24. The van der Waals surface area contributed by atoms with Gasteiger partial charge in [-0.15, -0.1) is 0 Å². The molecule has 0 saturated heterocycles. The van der Waals surface area contributed by atoms with Crippen LogP contribution in [0.15, 0.2) is 118 Å². The van der Waals surface area contributed by atoms with Crippen molar-refractivity contribution in [1.82, 2.24) is 15.0 Å². The second-order valence-electron chi connectivity index (χ2n) is 8.49. The van der Waals surface area contributed by atoms with Gasteiger partial charge < -0.3 is 0 Å². The smallest absolute Gasteiger partial charge is 0.266 e. The van der Waals surface area contributed by atoms with E-state index >= 15 is 0 Å². The number of hydrogen-bond acceptors (Lipinski definition) is 5. The van der Waals surface area contributed by atoms with Crippen LogP contribution in [0.3, 0.4) is 0 Å².